The van der Waals surface area contributed by atoms with E-state index < -0.39 is 11.2 Å². The molecule has 2 heterocycles. The number of fused-ring (bicyclic) bond motifs is 1. The first-order chi connectivity index (χ1) is 13.9. The highest BCUT2D eigenvalue weighted by molar-refractivity contribution is 5.92. The second kappa shape index (κ2) is 7.54. The predicted molar refractivity (Wildman–Crippen MR) is 108 cm³/mol. The predicted octanol–water partition coefficient (Wildman–Crippen LogP) is 1.83. The third kappa shape index (κ3) is 3.65. The van der Waals surface area contributed by atoms with Crippen molar-refractivity contribution in [2.24, 2.45) is 7.05 Å². The van der Waals surface area contributed by atoms with E-state index in [2.05, 4.69) is 21.1 Å². The summed E-state index contributed by atoms with van der Waals surface area (Å²) >= 11 is 0. The Morgan fingerprint density at radius 2 is 2.10 bits per heavy atom. The molecule has 0 saturated carbocycles. The van der Waals surface area contributed by atoms with Crippen molar-refractivity contribution < 1.29 is 4.79 Å². The number of carbonyl (C=O) groups excluding carboxylic acids is 1. The quantitative estimate of drug-likeness (QED) is 0.706. The van der Waals surface area contributed by atoms with Crippen LogP contribution in [0.25, 0.3) is 0 Å². The van der Waals surface area contributed by atoms with Gasteiger partial charge in [-0.2, -0.15) is 5.10 Å². The van der Waals surface area contributed by atoms with Gasteiger partial charge in [-0.15, -0.1) is 0 Å². The zero-order valence-electron chi connectivity index (χ0n) is 16.4. The van der Waals surface area contributed by atoms with Crippen LogP contribution in [0.4, 0.5) is 0 Å². The SMILES string of the molecule is Cc1cc(C(=O)N(Cc2c[nH]c(=O)[nH]c2=O)C2CCCc3ccccc32)nn1C. The molecule has 2 N–H and O–H groups in total. The maximum atomic E-state index is 13.5. The average Bonchev–Trinajstić information content (AvgIpc) is 3.05. The van der Waals surface area contributed by atoms with Crippen molar-refractivity contribution in [1.29, 1.82) is 0 Å². The van der Waals surface area contributed by atoms with Gasteiger partial charge < -0.3 is 9.88 Å². The lowest BCUT2D eigenvalue weighted by Gasteiger charge is -2.35. The molecule has 1 unspecified atom stereocenters. The minimum Gasteiger partial charge on any atom is -0.326 e. The van der Waals surface area contributed by atoms with Crippen molar-refractivity contribution in [2.75, 3.05) is 0 Å². The molecular formula is C21H23N5O3. The first kappa shape index (κ1) is 18.9. The van der Waals surface area contributed by atoms with Gasteiger partial charge in [0.05, 0.1) is 18.2 Å². The second-order valence-corrected chi connectivity index (χ2v) is 7.43. The van der Waals surface area contributed by atoms with E-state index in [1.54, 1.807) is 22.7 Å². The van der Waals surface area contributed by atoms with Crippen LogP contribution < -0.4 is 11.2 Å². The maximum Gasteiger partial charge on any atom is 0.325 e. The normalized spacial score (nSPS) is 15.7. The van der Waals surface area contributed by atoms with Gasteiger partial charge in [-0.05, 0) is 43.4 Å². The first-order valence-corrected chi connectivity index (χ1v) is 9.64. The molecule has 0 spiro atoms. The van der Waals surface area contributed by atoms with E-state index in [1.165, 1.54) is 11.8 Å². The zero-order valence-corrected chi connectivity index (χ0v) is 16.4. The average molecular weight is 393 g/mol. The summed E-state index contributed by atoms with van der Waals surface area (Å²) in [5.41, 5.74) is 2.80. The van der Waals surface area contributed by atoms with E-state index in [1.807, 2.05) is 25.1 Å². The summed E-state index contributed by atoms with van der Waals surface area (Å²) in [5, 5.41) is 4.34. The Morgan fingerprint density at radius 3 is 2.83 bits per heavy atom. The molecule has 29 heavy (non-hydrogen) atoms. The van der Waals surface area contributed by atoms with Crippen molar-refractivity contribution in [1.82, 2.24) is 24.6 Å². The minimum atomic E-state index is -0.569. The maximum absolute atomic E-state index is 13.5. The lowest BCUT2D eigenvalue weighted by atomic mass is 9.86. The molecule has 150 valence electrons. The van der Waals surface area contributed by atoms with Gasteiger partial charge in [0.1, 0.15) is 0 Å². The molecule has 8 nitrogen and oxygen atoms in total. The monoisotopic (exact) mass is 393 g/mol. The molecule has 1 aromatic carbocycles. The Morgan fingerprint density at radius 1 is 1.31 bits per heavy atom. The van der Waals surface area contributed by atoms with Crippen molar-refractivity contribution in [3.8, 4) is 0 Å². The number of nitrogens with zero attached hydrogens (tertiary/aromatic N) is 3. The third-order valence-corrected chi connectivity index (χ3v) is 5.54. The van der Waals surface area contributed by atoms with Crippen LogP contribution in [-0.2, 0) is 20.0 Å². The molecule has 0 bridgehead atoms. The molecule has 1 aliphatic carbocycles. The van der Waals surface area contributed by atoms with Crippen molar-refractivity contribution >= 4 is 5.91 Å². The Balaban J connectivity index is 1.78. The number of aromatic amines is 2. The lowest BCUT2D eigenvalue weighted by Crippen LogP contribution is -2.39. The van der Waals surface area contributed by atoms with Gasteiger partial charge in [-0.1, -0.05) is 24.3 Å². The highest BCUT2D eigenvalue weighted by Crippen LogP contribution is 2.35. The first-order valence-electron chi connectivity index (χ1n) is 9.64. The smallest absolute Gasteiger partial charge is 0.325 e. The standard InChI is InChI=1S/C21H23N5O3/c1-13-10-17(24-25(13)2)20(28)26(12-15-11-22-21(29)23-19(15)27)18-9-5-7-14-6-3-4-8-16(14)18/h3-4,6,8,10-11,18H,5,7,9,12H2,1-2H3,(H2,22,23,27,29). The van der Waals surface area contributed by atoms with Crippen molar-refractivity contribution in [3.05, 3.63) is 85.4 Å². The summed E-state index contributed by atoms with van der Waals surface area (Å²) in [6.07, 6.45) is 4.10. The summed E-state index contributed by atoms with van der Waals surface area (Å²) in [7, 11) is 1.79. The number of H-pyrrole nitrogens is 2. The number of amides is 1. The van der Waals surface area contributed by atoms with E-state index in [4.69, 9.17) is 0 Å². The number of rotatable bonds is 4. The van der Waals surface area contributed by atoms with Crippen molar-refractivity contribution in [3.63, 3.8) is 0 Å². The number of aromatic nitrogens is 4. The summed E-state index contributed by atoms with van der Waals surface area (Å²) in [4.78, 5) is 43.6. The Labute approximate surface area is 167 Å². The van der Waals surface area contributed by atoms with Crippen LogP contribution in [0.1, 0.15) is 51.8 Å². The fourth-order valence-electron chi connectivity index (χ4n) is 3.93. The van der Waals surface area contributed by atoms with Crippen LogP contribution in [-0.4, -0.2) is 30.6 Å². The molecule has 1 amide bonds. The number of carbonyl (C=O) groups is 1. The fourth-order valence-corrected chi connectivity index (χ4v) is 3.93. The van der Waals surface area contributed by atoms with E-state index in [9.17, 15) is 14.4 Å². The molecule has 2 aromatic heterocycles. The fraction of sp³-hybridized carbons (Fsp3) is 0.333. The topological polar surface area (TPSA) is 104 Å². The molecule has 1 aliphatic rings. The van der Waals surface area contributed by atoms with E-state index in [0.717, 1.165) is 30.5 Å². The highest BCUT2D eigenvalue weighted by atomic mass is 16.2. The lowest BCUT2D eigenvalue weighted by molar-refractivity contribution is 0.0630. The van der Waals surface area contributed by atoms with Crippen molar-refractivity contribution in [2.45, 2.75) is 38.8 Å². The molecule has 0 fully saturated rings. The molecule has 8 heteroatoms. The largest absolute Gasteiger partial charge is 0.326 e. The Kier molecular flexibility index (Phi) is 4.92. The van der Waals surface area contributed by atoms with Crippen LogP contribution in [0.3, 0.4) is 0 Å². The third-order valence-electron chi connectivity index (χ3n) is 5.54. The van der Waals surface area contributed by atoms with Gasteiger partial charge in [-0.3, -0.25) is 19.3 Å². The zero-order chi connectivity index (χ0) is 20.5. The van der Waals surface area contributed by atoms with Crippen LogP contribution in [0.15, 0.2) is 46.1 Å². The van der Waals surface area contributed by atoms with E-state index >= 15 is 0 Å². The van der Waals surface area contributed by atoms with Gasteiger partial charge in [0.25, 0.3) is 11.5 Å². The van der Waals surface area contributed by atoms with Gasteiger partial charge in [0, 0.05) is 18.9 Å². The summed E-state index contributed by atoms with van der Waals surface area (Å²) in [6, 6.07) is 9.68. The number of hydrogen-bond donors (Lipinski definition) is 2. The van der Waals surface area contributed by atoms with Gasteiger partial charge in [0.2, 0.25) is 0 Å². The molecule has 0 radical (unpaired) electrons. The molecule has 0 saturated heterocycles. The minimum absolute atomic E-state index is 0.0829. The summed E-state index contributed by atoms with van der Waals surface area (Å²) < 4.78 is 1.66. The van der Waals surface area contributed by atoms with Crippen LogP contribution in [0.5, 0.6) is 0 Å². The summed E-state index contributed by atoms with van der Waals surface area (Å²) in [6.45, 7) is 1.97. The highest BCUT2D eigenvalue weighted by Gasteiger charge is 2.31. The molecule has 1 atom stereocenters. The number of hydrogen-bond acceptors (Lipinski definition) is 4. The Hall–Kier alpha value is -3.42. The molecular weight excluding hydrogens is 370 g/mol. The van der Waals surface area contributed by atoms with Crippen LogP contribution >= 0.6 is 0 Å². The second-order valence-electron chi connectivity index (χ2n) is 7.43. The van der Waals surface area contributed by atoms with E-state index in [-0.39, 0.29) is 18.5 Å². The number of nitrogens with one attached hydrogen (secondary N) is 2. The molecule has 3 aromatic rings. The molecule has 4 rings (SSSR count). The van der Waals surface area contributed by atoms with Crippen LogP contribution in [0.2, 0.25) is 0 Å². The molecule has 0 aliphatic heterocycles. The Bertz CT molecular complexity index is 1150. The van der Waals surface area contributed by atoms with Gasteiger partial charge in [0.15, 0.2) is 5.69 Å². The summed E-state index contributed by atoms with van der Waals surface area (Å²) in [5.74, 6) is -0.235. The van der Waals surface area contributed by atoms with E-state index in [0.29, 0.717) is 11.3 Å². The van der Waals surface area contributed by atoms with Crippen LogP contribution in [0, 0.1) is 6.92 Å². The number of aryl methyl sites for hydroxylation is 3. The van der Waals surface area contributed by atoms with Gasteiger partial charge in [-0.25, -0.2) is 4.79 Å². The number of benzene rings is 1. The van der Waals surface area contributed by atoms with Gasteiger partial charge >= 0.3 is 5.69 Å².